The van der Waals surface area contributed by atoms with Gasteiger partial charge in [0.05, 0.1) is 42.8 Å². The lowest BCUT2D eigenvalue weighted by Gasteiger charge is -2.31. The molecular formula is C21H21N4O3S+. The zero-order valence-electron chi connectivity index (χ0n) is 15.8. The van der Waals surface area contributed by atoms with E-state index in [4.69, 9.17) is 4.42 Å². The average Bonchev–Trinajstić information content (AvgIpc) is 3.23. The minimum Gasteiger partial charge on any atom is -0.435 e. The van der Waals surface area contributed by atoms with Gasteiger partial charge in [-0.25, -0.2) is 13.4 Å². The Hall–Kier alpha value is -2.99. The van der Waals surface area contributed by atoms with Crippen LogP contribution in [0.3, 0.4) is 0 Å². The van der Waals surface area contributed by atoms with Crippen LogP contribution in [0, 0.1) is 11.3 Å². The molecule has 0 saturated carbocycles. The van der Waals surface area contributed by atoms with Crippen LogP contribution in [0.15, 0.2) is 70.1 Å². The Morgan fingerprint density at radius 3 is 2.48 bits per heavy atom. The summed E-state index contributed by atoms with van der Waals surface area (Å²) >= 11 is 0. The smallest absolute Gasteiger partial charge is 0.250 e. The van der Waals surface area contributed by atoms with Gasteiger partial charge in [-0.05, 0) is 12.1 Å². The summed E-state index contributed by atoms with van der Waals surface area (Å²) in [6.07, 6.45) is 1.73. The molecule has 2 aromatic carbocycles. The van der Waals surface area contributed by atoms with Crippen LogP contribution in [-0.2, 0) is 16.6 Å². The number of rotatable bonds is 5. The first-order valence-corrected chi connectivity index (χ1v) is 10.8. The molecular weight excluding hydrogens is 388 g/mol. The quantitative estimate of drug-likeness (QED) is 0.686. The van der Waals surface area contributed by atoms with Gasteiger partial charge in [0.15, 0.2) is 12.3 Å². The second-order valence-corrected chi connectivity index (χ2v) is 8.83. The van der Waals surface area contributed by atoms with E-state index < -0.39 is 10.0 Å². The van der Waals surface area contributed by atoms with E-state index in [9.17, 15) is 13.7 Å². The molecule has 29 heavy (non-hydrogen) atoms. The summed E-state index contributed by atoms with van der Waals surface area (Å²) in [7, 11) is -3.67. The highest BCUT2D eigenvalue weighted by Crippen LogP contribution is 2.21. The van der Waals surface area contributed by atoms with Gasteiger partial charge in [-0.15, -0.1) is 0 Å². The Morgan fingerprint density at radius 2 is 1.76 bits per heavy atom. The van der Waals surface area contributed by atoms with Crippen molar-refractivity contribution in [3.05, 3.63) is 72.2 Å². The first kappa shape index (κ1) is 19.3. The maximum atomic E-state index is 12.9. The van der Waals surface area contributed by atoms with E-state index >= 15 is 0 Å². The van der Waals surface area contributed by atoms with Crippen LogP contribution in [0.25, 0.3) is 11.3 Å². The summed E-state index contributed by atoms with van der Waals surface area (Å²) in [4.78, 5) is 5.66. The highest BCUT2D eigenvalue weighted by molar-refractivity contribution is 7.89. The number of sulfonamides is 1. The summed E-state index contributed by atoms with van der Waals surface area (Å²) in [5, 5.41) is 9.22. The molecule has 0 amide bonds. The molecule has 4 rings (SSSR count). The first-order valence-electron chi connectivity index (χ1n) is 9.41. The normalized spacial score (nSPS) is 15.8. The minimum absolute atomic E-state index is 0.0751. The summed E-state index contributed by atoms with van der Waals surface area (Å²) in [5.41, 5.74) is 1.16. The third kappa shape index (κ3) is 4.07. The van der Waals surface area contributed by atoms with Gasteiger partial charge in [-0.1, -0.05) is 42.5 Å². The van der Waals surface area contributed by atoms with Gasteiger partial charge in [0, 0.05) is 5.56 Å². The van der Waals surface area contributed by atoms with Gasteiger partial charge >= 0.3 is 0 Å². The van der Waals surface area contributed by atoms with Crippen molar-refractivity contribution >= 4 is 10.0 Å². The van der Waals surface area contributed by atoms with Gasteiger partial charge in [0.2, 0.25) is 10.0 Å². The van der Waals surface area contributed by atoms with Gasteiger partial charge in [-0.2, -0.15) is 9.57 Å². The Balaban J connectivity index is 1.40. The predicted molar refractivity (Wildman–Crippen MR) is 106 cm³/mol. The van der Waals surface area contributed by atoms with E-state index in [1.165, 1.54) is 21.3 Å². The molecule has 1 saturated heterocycles. The largest absolute Gasteiger partial charge is 0.435 e. The number of benzene rings is 2. The van der Waals surface area contributed by atoms with Crippen molar-refractivity contribution in [2.24, 2.45) is 0 Å². The molecule has 0 bridgehead atoms. The third-order valence-corrected chi connectivity index (χ3v) is 7.02. The number of piperazine rings is 1. The van der Waals surface area contributed by atoms with Crippen molar-refractivity contribution in [1.82, 2.24) is 9.29 Å². The van der Waals surface area contributed by atoms with E-state index in [1.807, 2.05) is 36.4 Å². The molecule has 1 aromatic heterocycles. The summed E-state index contributed by atoms with van der Waals surface area (Å²) < 4.78 is 33.2. The fourth-order valence-corrected chi connectivity index (χ4v) is 5.07. The molecule has 2 heterocycles. The fraction of sp³-hybridized carbons (Fsp3) is 0.238. The Labute approximate surface area is 169 Å². The van der Waals surface area contributed by atoms with E-state index in [-0.39, 0.29) is 10.5 Å². The number of aromatic nitrogens is 1. The van der Waals surface area contributed by atoms with Crippen molar-refractivity contribution in [1.29, 1.82) is 5.26 Å². The Kier molecular flexibility index (Phi) is 5.45. The lowest BCUT2D eigenvalue weighted by Crippen LogP contribution is -3.13. The standard InChI is InChI=1S/C21H20N4O3S/c22-14-18-8-4-5-9-20(18)29(26,27)25-12-10-24(11-13-25)16-21-23-15-19(28-21)17-6-2-1-3-7-17/h1-9,15H,10-13,16H2/p+1. The number of hydrogen-bond acceptors (Lipinski definition) is 5. The molecule has 3 aromatic rings. The van der Waals surface area contributed by atoms with Crippen molar-refractivity contribution in [2.45, 2.75) is 11.4 Å². The second kappa shape index (κ2) is 8.17. The third-order valence-electron chi connectivity index (χ3n) is 5.07. The van der Waals surface area contributed by atoms with Gasteiger partial charge in [-0.3, -0.25) is 0 Å². The molecule has 0 atom stereocenters. The zero-order valence-corrected chi connectivity index (χ0v) is 16.6. The van der Waals surface area contributed by atoms with E-state index in [2.05, 4.69) is 4.98 Å². The molecule has 0 aliphatic carbocycles. The summed E-state index contributed by atoms with van der Waals surface area (Å²) in [6, 6.07) is 18.1. The average molecular weight is 409 g/mol. The SMILES string of the molecule is N#Cc1ccccc1S(=O)(=O)N1CC[NH+](Cc2ncc(-c3ccccc3)o2)CC1. The van der Waals surface area contributed by atoms with E-state index in [0.29, 0.717) is 38.6 Å². The number of nitriles is 1. The number of nitrogens with one attached hydrogen (secondary N) is 1. The van der Waals surface area contributed by atoms with Crippen molar-refractivity contribution in [2.75, 3.05) is 26.2 Å². The highest BCUT2D eigenvalue weighted by Gasteiger charge is 2.32. The maximum absolute atomic E-state index is 12.9. The number of quaternary nitrogens is 1. The zero-order chi connectivity index (χ0) is 20.3. The van der Waals surface area contributed by atoms with Gasteiger partial charge in [0.25, 0.3) is 5.89 Å². The molecule has 0 unspecified atom stereocenters. The van der Waals surface area contributed by atoms with E-state index in [0.717, 1.165) is 11.3 Å². The molecule has 1 aliphatic rings. The van der Waals surface area contributed by atoms with Crippen LogP contribution < -0.4 is 4.90 Å². The van der Waals surface area contributed by atoms with Crippen LogP contribution in [-0.4, -0.2) is 43.9 Å². The molecule has 148 valence electrons. The predicted octanol–water partition coefficient (Wildman–Crippen LogP) is 1.30. The van der Waals surface area contributed by atoms with Crippen molar-refractivity contribution in [3.63, 3.8) is 0 Å². The van der Waals surface area contributed by atoms with Gasteiger partial charge < -0.3 is 9.32 Å². The molecule has 0 spiro atoms. The molecule has 0 radical (unpaired) electrons. The lowest BCUT2D eigenvalue weighted by molar-refractivity contribution is -0.918. The number of hydrogen-bond donors (Lipinski definition) is 1. The number of oxazole rings is 1. The van der Waals surface area contributed by atoms with Crippen LogP contribution in [0.4, 0.5) is 0 Å². The summed E-state index contributed by atoms with van der Waals surface area (Å²) in [6.45, 7) is 2.69. The lowest BCUT2D eigenvalue weighted by atomic mass is 10.2. The molecule has 8 heteroatoms. The van der Waals surface area contributed by atoms with Crippen molar-refractivity contribution in [3.8, 4) is 17.4 Å². The topological polar surface area (TPSA) is 91.6 Å². The fourth-order valence-electron chi connectivity index (χ4n) is 3.48. The van der Waals surface area contributed by atoms with Gasteiger partial charge in [0.1, 0.15) is 6.07 Å². The van der Waals surface area contributed by atoms with Crippen LogP contribution in [0.2, 0.25) is 0 Å². The summed E-state index contributed by atoms with van der Waals surface area (Å²) in [5.74, 6) is 1.37. The van der Waals surface area contributed by atoms with Crippen molar-refractivity contribution < 1.29 is 17.7 Å². The number of nitrogens with zero attached hydrogens (tertiary/aromatic N) is 3. The first-order chi connectivity index (χ1) is 14.1. The Bertz CT molecular complexity index is 1130. The second-order valence-electron chi connectivity index (χ2n) is 6.92. The highest BCUT2D eigenvalue weighted by atomic mass is 32.2. The molecule has 1 fully saturated rings. The molecule has 7 nitrogen and oxygen atoms in total. The Morgan fingerprint density at radius 1 is 1.07 bits per heavy atom. The molecule has 1 N–H and O–H groups in total. The molecule has 1 aliphatic heterocycles. The van der Waals surface area contributed by atoms with Crippen LogP contribution in [0.5, 0.6) is 0 Å². The maximum Gasteiger partial charge on any atom is 0.250 e. The minimum atomic E-state index is -3.67. The van der Waals surface area contributed by atoms with Crippen LogP contribution >= 0.6 is 0 Å². The monoisotopic (exact) mass is 409 g/mol. The van der Waals surface area contributed by atoms with Crippen LogP contribution in [0.1, 0.15) is 11.5 Å². The van der Waals surface area contributed by atoms with E-state index in [1.54, 1.807) is 18.3 Å².